The lowest BCUT2D eigenvalue weighted by molar-refractivity contribution is -0.0523. The number of aliphatic hydroxyl groups excluding tert-OH is 1. The Labute approximate surface area is 155 Å². The number of aromatic nitrogens is 2. The molecule has 0 radical (unpaired) electrons. The Balaban J connectivity index is 1.97. The van der Waals surface area contributed by atoms with Gasteiger partial charge in [0, 0.05) is 12.6 Å². The van der Waals surface area contributed by atoms with Crippen LogP contribution in [-0.4, -0.2) is 53.0 Å². The molecular weight excluding hydrogens is 451 g/mol. The van der Waals surface area contributed by atoms with Crippen LogP contribution in [0, 0.1) is 0 Å². The molecule has 2 heterocycles. The largest absolute Gasteiger partial charge is 0.490 e. The van der Waals surface area contributed by atoms with Crippen molar-refractivity contribution >= 4 is 29.3 Å². The molecule has 3 unspecified atom stereocenters. The van der Waals surface area contributed by atoms with Crippen molar-refractivity contribution < 1.29 is 56.3 Å². The number of phosphoric ester groups is 1. The lowest BCUT2D eigenvalue weighted by Crippen LogP contribution is -2.31. The Morgan fingerprint density at radius 1 is 1.21 bits per heavy atom. The summed E-state index contributed by atoms with van der Waals surface area (Å²) in [4.78, 5) is 50.5. The highest BCUT2D eigenvalue weighted by molar-refractivity contribution is 7.66. The molecule has 1 aliphatic rings. The van der Waals surface area contributed by atoms with Crippen LogP contribution in [0.3, 0.4) is 0 Å². The summed E-state index contributed by atoms with van der Waals surface area (Å²) in [6, 6.07) is 1.27. The lowest BCUT2D eigenvalue weighted by Gasteiger charge is -2.19. The van der Waals surface area contributed by atoms with Gasteiger partial charge in [0.25, 0.3) is 0 Å². The molecular formula is C9H16N3O13P3. The Bertz CT molecular complexity index is 914. The maximum absolute atomic E-state index is 11.8. The van der Waals surface area contributed by atoms with Crippen molar-refractivity contribution in [1.82, 2.24) is 9.55 Å². The number of hydrogen-bond donors (Lipinski definition) is 6. The number of hydrogen-bond acceptors (Lipinski definition) is 11. The molecule has 19 heteroatoms. The van der Waals surface area contributed by atoms with E-state index in [4.69, 9.17) is 25.2 Å². The highest BCUT2D eigenvalue weighted by Gasteiger charge is 2.42. The first-order chi connectivity index (χ1) is 12.7. The van der Waals surface area contributed by atoms with Crippen molar-refractivity contribution in [3.63, 3.8) is 0 Å². The fourth-order valence-corrected chi connectivity index (χ4v) is 5.24. The van der Waals surface area contributed by atoms with Gasteiger partial charge in [0.05, 0.1) is 12.7 Å². The van der Waals surface area contributed by atoms with E-state index in [9.17, 15) is 28.5 Å². The molecule has 0 bridgehead atoms. The van der Waals surface area contributed by atoms with E-state index in [2.05, 4.69) is 18.1 Å². The zero-order chi connectivity index (χ0) is 21.3. The molecule has 16 nitrogen and oxygen atoms in total. The predicted octanol–water partition coefficient (Wildman–Crippen LogP) is -1.18. The Kier molecular flexibility index (Phi) is 6.99. The van der Waals surface area contributed by atoms with E-state index in [0.29, 0.717) is 0 Å². The quantitative estimate of drug-likeness (QED) is 0.246. The van der Waals surface area contributed by atoms with Gasteiger partial charge in [0.15, 0.2) is 6.23 Å². The van der Waals surface area contributed by atoms with Crippen molar-refractivity contribution in [2.24, 2.45) is 0 Å². The summed E-state index contributed by atoms with van der Waals surface area (Å²) in [7, 11) is -16.5. The van der Waals surface area contributed by atoms with Crippen LogP contribution in [0.2, 0.25) is 0 Å². The molecule has 1 fully saturated rings. The fraction of sp³-hybridized carbons (Fsp3) is 0.556. The van der Waals surface area contributed by atoms with Crippen LogP contribution in [0.4, 0.5) is 5.82 Å². The van der Waals surface area contributed by atoms with E-state index in [1.807, 2.05) is 0 Å². The molecule has 28 heavy (non-hydrogen) atoms. The SMILES string of the molecule is Nc1ccn([C@@H]2O[C@H](COP(=O)(O)OP(=O)(O)OP(=O)(O)O)CC2O)c(=O)n1. The first kappa shape index (κ1) is 23.3. The van der Waals surface area contributed by atoms with E-state index < -0.39 is 54.2 Å². The van der Waals surface area contributed by atoms with Gasteiger partial charge in [-0.05, 0) is 6.07 Å². The zero-order valence-electron chi connectivity index (χ0n) is 13.6. The first-order valence-electron chi connectivity index (χ1n) is 7.14. The molecule has 5 atom stereocenters. The van der Waals surface area contributed by atoms with Crippen LogP contribution in [0.5, 0.6) is 0 Å². The van der Waals surface area contributed by atoms with Gasteiger partial charge < -0.3 is 35.2 Å². The molecule has 2 rings (SSSR count). The Hall–Kier alpha value is -0.990. The predicted molar refractivity (Wildman–Crippen MR) is 87.3 cm³/mol. The minimum absolute atomic E-state index is 0.0575. The Morgan fingerprint density at radius 2 is 1.86 bits per heavy atom. The smallest absolute Gasteiger partial charge is 0.388 e. The van der Waals surface area contributed by atoms with Crippen LogP contribution < -0.4 is 11.4 Å². The summed E-state index contributed by atoms with van der Waals surface area (Å²) >= 11 is 0. The molecule has 0 aromatic carbocycles. The molecule has 1 aromatic heterocycles. The highest BCUT2D eigenvalue weighted by atomic mass is 31.3. The van der Waals surface area contributed by atoms with E-state index in [-0.39, 0.29) is 12.2 Å². The number of nitrogens with two attached hydrogens (primary N) is 1. The number of nitrogens with zero attached hydrogens (tertiary/aromatic N) is 2. The monoisotopic (exact) mass is 467 g/mol. The van der Waals surface area contributed by atoms with Gasteiger partial charge in [-0.25, -0.2) is 18.5 Å². The fourth-order valence-electron chi connectivity index (χ4n) is 2.19. The molecule has 0 amide bonds. The minimum Gasteiger partial charge on any atom is -0.388 e. The third-order valence-corrected chi connectivity index (χ3v) is 6.93. The second-order valence-electron chi connectivity index (χ2n) is 5.38. The summed E-state index contributed by atoms with van der Waals surface area (Å²) in [6.45, 7) is -0.756. The highest BCUT2D eigenvalue weighted by Crippen LogP contribution is 2.66. The van der Waals surface area contributed by atoms with Crippen molar-refractivity contribution in [2.75, 3.05) is 12.3 Å². The topological polar surface area (TPSA) is 250 Å². The van der Waals surface area contributed by atoms with Gasteiger partial charge >= 0.3 is 29.2 Å². The molecule has 0 aliphatic carbocycles. The van der Waals surface area contributed by atoms with Crippen LogP contribution in [0.15, 0.2) is 17.1 Å². The second kappa shape index (κ2) is 8.40. The molecule has 1 saturated heterocycles. The third kappa shape index (κ3) is 6.81. The summed E-state index contributed by atoms with van der Waals surface area (Å²) in [5.41, 5.74) is 4.53. The third-order valence-electron chi connectivity index (χ3n) is 3.13. The molecule has 160 valence electrons. The average molecular weight is 467 g/mol. The molecule has 1 aliphatic heterocycles. The van der Waals surface area contributed by atoms with Gasteiger partial charge in [-0.2, -0.15) is 13.6 Å². The summed E-state index contributed by atoms with van der Waals surface area (Å²) < 4.78 is 51.2. The van der Waals surface area contributed by atoms with Gasteiger partial charge in [0.1, 0.15) is 11.9 Å². The van der Waals surface area contributed by atoms with Crippen molar-refractivity contribution in [3.05, 3.63) is 22.7 Å². The van der Waals surface area contributed by atoms with E-state index in [1.165, 1.54) is 12.3 Å². The summed E-state index contributed by atoms with van der Waals surface area (Å²) in [5.74, 6) is -0.0575. The van der Waals surface area contributed by atoms with Gasteiger partial charge in [-0.15, -0.1) is 0 Å². The second-order valence-corrected chi connectivity index (χ2v) is 9.80. The number of nitrogen functional groups attached to an aromatic ring is 1. The number of anilines is 1. The zero-order valence-corrected chi connectivity index (χ0v) is 16.3. The van der Waals surface area contributed by atoms with E-state index >= 15 is 0 Å². The van der Waals surface area contributed by atoms with Crippen molar-refractivity contribution in [1.29, 1.82) is 0 Å². The van der Waals surface area contributed by atoms with Crippen LogP contribution in [0.25, 0.3) is 0 Å². The average Bonchev–Trinajstić information content (AvgIpc) is 2.82. The van der Waals surface area contributed by atoms with Crippen LogP contribution in [0.1, 0.15) is 12.6 Å². The summed E-state index contributed by atoms with van der Waals surface area (Å²) in [5, 5.41) is 10.00. The summed E-state index contributed by atoms with van der Waals surface area (Å²) in [6.07, 6.45) is -2.47. The van der Waals surface area contributed by atoms with Gasteiger partial charge in [0.2, 0.25) is 0 Å². The molecule has 0 spiro atoms. The number of rotatable bonds is 8. The number of ether oxygens (including phenoxy) is 1. The Morgan fingerprint density at radius 3 is 2.43 bits per heavy atom. The standard InChI is InChI=1S/C9H16N3O13P3/c10-7-1-2-12(9(14)11-7)8-6(13)3-5(23-8)4-22-27(18,19)25-28(20,21)24-26(15,16)17/h1-2,5-6,8,13H,3-4H2,(H,18,19)(H,20,21)(H2,10,11,14)(H2,15,16,17)/t5-,6?,8+/m0/s1. The first-order valence-corrected chi connectivity index (χ1v) is 11.7. The molecule has 7 N–H and O–H groups in total. The van der Waals surface area contributed by atoms with Crippen molar-refractivity contribution in [3.8, 4) is 0 Å². The van der Waals surface area contributed by atoms with Crippen LogP contribution >= 0.6 is 23.5 Å². The van der Waals surface area contributed by atoms with E-state index in [1.54, 1.807) is 0 Å². The van der Waals surface area contributed by atoms with Crippen LogP contribution in [-0.2, 0) is 31.6 Å². The van der Waals surface area contributed by atoms with E-state index in [0.717, 1.165) is 4.57 Å². The molecule has 0 saturated carbocycles. The lowest BCUT2D eigenvalue weighted by atomic mass is 10.2. The maximum Gasteiger partial charge on any atom is 0.490 e. The number of phosphoric acid groups is 3. The molecule has 1 aromatic rings. The number of aliphatic hydroxyl groups is 1. The normalized spacial score (nSPS) is 27.2. The maximum atomic E-state index is 11.8. The minimum atomic E-state index is -5.64. The van der Waals surface area contributed by atoms with Gasteiger partial charge in [-0.1, -0.05) is 0 Å². The van der Waals surface area contributed by atoms with Crippen molar-refractivity contribution in [2.45, 2.75) is 24.9 Å². The van der Waals surface area contributed by atoms with Gasteiger partial charge in [-0.3, -0.25) is 9.09 Å².